The van der Waals surface area contributed by atoms with Crippen molar-refractivity contribution in [3.8, 4) is 28.3 Å². The number of nitrogens with one attached hydrogen (secondary N) is 1. The minimum atomic E-state index is -0.0608. The summed E-state index contributed by atoms with van der Waals surface area (Å²) in [5.41, 5.74) is 3.79. The molecule has 0 radical (unpaired) electrons. The third kappa shape index (κ3) is 4.38. The van der Waals surface area contributed by atoms with Gasteiger partial charge in [-0.15, -0.1) is 10.2 Å². The van der Waals surface area contributed by atoms with Crippen molar-refractivity contribution < 1.29 is 9.53 Å². The number of methoxy groups -OCH3 is 1. The molecule has 0 unspecified atom stereocenters. The topological polar surface area (TPSA) is 100 Å². The molecule has 4 heterocycles. The zero-order chi connectivity index (χ0) is 22.6. The molecular weight excluding hydrogens is 418 g/mol. The van der Waals surface area contributed by atoms with E-state index in [1.165, 1.54) is 0 Å². The first kappa shape index (κ1) is 20.6. The molecule has 0 saturated carbocycles. The number of amides is 1. The van der Waals surface area contributed by atoms with Gasteiger partial charge in [0.1, 0.15) is 11.4 Å². The van der Waals surface area contributed by atoms with Crippen LogP contribution in [-0.2, 0) is 0 Å². The average molecular weight is 441 g/mol. The zero-order valence-electron chi connectivity index (χ0n) is 18.2. The number of ether oxygens (including phenoxy) is 1. The van der Waals surface area contributed by atoms with Crippen molar-refractivity contribution in [2.45, 2.75) is 0 Å². The maximum absolute atomic E-state index is 13.0. The van der Waals surface area contributed by atoms with Crippen LogP contribution in [-0.4, -0.2) is 69.5 Å². The maximum Gasteiger partial charge on any atom is 0.272 e. The van der Waals surface area contributed by atoms with E-state index in [1.807, 2.05) is 53.4 Å². The Bertz CT molecular complexity index is 1230. The molecule has 4 aromatic rings. The van der Waals surface area contributed by atoms with E-state index in [0.717, 1.165) is 28.4 Å². The second-order valence-electron chi connectivity index (χ2n) is 7.70. The zero-order valence-corrected chi connectivity index (χ0v) is 18.2. The smallest absolute Gasteiger partial charge is 0.272 e. The lowest BCUT2D eigenvalue weighted by molar-refractivity contribution is 0.0740. The molecule has 166 valence electrons. The van der Waals surface area contributed by atoms with Gasteiger partial charge in [-0.2, -0.15) is 5.10 Å². The molecule has 3 aromatic heterocycles. The highest BCUT2D eigenvalue weighted by Crippen LogP contribution is 2.23. The highest BCUT2D eigenvalue weighted by molar-refractivity contribution is 5.93. The van der Waals surface area contributed by atoms with E-state index in [4.69, 9.17) is 4.74 Å². The highest BCUT2D eigenvalue weighted by atomic mass is 16.5. The number of aromatic nitrogens is 5. The molecule has 1 fully saturated rings. The van der Waals surface area contributed by atoms with E-state index in [0.29, 0.717) is 37.6 Å². The van der Waals surface area contributed by atoms with E-state index in [1.54, 1.807) is 25.6 Å². The van der Waals surface area contributed by atoms with Crippen molar-refractivity contribution in [1.29, 1.82) is 0 Å². The summed E-state index contributed by atoms with van der Waals surface area (Å²) in [6.45, 7) is 2.56. The normalized spacial score (nSPS) is 13.7. The molecule has 1 aliphatic heterocycles. The lowest BCUT2D eigenvalue weighted by Crippen LogP contribution is -2.49. The highest BCUT2D eigenvalue weighted by Gasteiger charge is 2.24. The van der Waals surface area contributed by atoms with Gasteiger partial charge in [0.15, 0.2) is 5.82 Å². The number of aromatic amines is 1. The van der Waals surface area contributed by atoms with Crippen molar-refractivity contribution in [1.82, 2.24) is 30.3 Å². The summed E-state index contributed by atoms with van der Waals surface area (Å²) in [7, 11) is 1.62. The number of carbonyl (C=O) groups excluding carboxylic acids is 1. The molecular formula is C24H23N7O2. The van der Waals surface area contributed by atoms with Crippen LogP contribution in [0.2, 0.25) is 0 Å². The second-order valence-corrected chi connectivity index (χ2v) is 7.70. The molecule has 1 aliphatic rings. The predicted octanol–water partition coefficient (Wildman–Crippen LogP) is 2.90. The van der Waals surface area contributed by atoms with Gasteiger partial charge in [0.05, 0.1) is 18.5 Å². The van der Waals surface area contributed by atoms with Crippen LogP contribution in [0.1, 0.15) is 10.5 Å². The third-order valence-electron chi connectivity index (χ3n) is 5.67. The molecule has 0 spiro atoms. The van der Waals surface area contributed by atoms with Crippen LogP contribution in [0.4, 0.5) is 5.82 Å². The van der Waals surface area contributed by atoms with Gasteiger partial charge in [0.25, 0.3) is 5.91 Å². The van der Waals surface area contributed by atoms with Crippen LogP contribution in [0.15, 0.2) is 67.0 Å². The minimum Gasteiger partial charge on any atom is -0.497 e. The monoisotopic (exact) mass is 441 g/mol. The summed E-state index contributed by atoms with van der Waals surface area (Å²) >= 11 is 0. The van der Waals surface area contributed by atoms with E-state index in [9.17, 15) is 4.79 Å². The molecule has 0 bridgehead atoms. The Morgan fingerprint density at radius 2 is 1.79 bits per heavy atom. The van der Waals surface area contributed by atoms with Crippen molar-refractivity contribution in [2.75, 3.05) is 38.2 Å². The van der Waals surface area contributed by atoms with E-state index in [-0.39, 0.29) is 5.91 Å². The largest absolute Gasteiger partial charge is 0.497 e. The van der Waals surface area contributed by atoms with Crippen molar-refractivity contribution in [2.24, 2.45) is 0 Å². The third-order valence-corrected chi connectivity index (χ3v) is 5.67. The van der Waals surface area contributed by atoms with Gasteiger partial charge in [0.2, 0.25) is 0 Å². The fraction of sp³-hybridized carbons (Fsp3) is 0.208. The van der Waals surface area contributed by atoms with E-state index in [2.05, 4.69) is 30.3 Å². The van der Waals surface area contributed by atoms with Gasteiger partial charge in [-0.25, -0.2) is 0 Å². The van der Waals surface area contributed by atoms with Crippen LogP contribution in [0.25, 0.3) is 22.5 Å². The quantitative estimate of drug-likeness (QED) is 0.508. The number of rotatable bonds is 5. The van der Waals surface area contributed by atoms with Crippen molar-refractivity contribution in [3.05, 3.63) is 72.7 Å². The van der Waals surface area contributed by atoms with Crippen LogP contribution in [0, 0.1) is 0 Å². The Balaban J connectivity index is 1.21. The lowest BCUT2D eigenvalue weighted by atomic mass is 10.1. The number of pyridine rings is 1. The molecule has 0 atom stereocenters. The van der Waals surface area contributed by atoms with Crippen LogP contribution in [0.5, 0.6) is 5.75 Å². The molecule has 1 N–H and O–H groups in total. The number of benzene rings is 1. The maximum atomic E-state index is 13.0. The molecule has 5 rings (SSSR count). The van der Waals surface area contributed by atoms with E-state index < -0.39 is 0 Å². The van der Waals surface area contributed by atoms with Gasteiger partial charge in [-0.05, 0) is 42.5 Å². The Morgan fingerprint density at radius 1 is 0.939 bits per heavy atom. The number of carbonyl (C=O) groups is 1. The summed E-state index contributed by atoms with van der Waals surface area (Å²) < 4.78 is 5.27. The number of hydrogen-bond donors (Lipinski definition) is 1. The van der Waals surface area contributed by atoms with Gasteiger partial charge >= 0.3 is 0 Å². The first-order valence-electron chi connectivity index (χ1n) is 10.7. The number of hydrogen-bond acceptors (Lipinski definition) is 7. The number of H-pyrrole nitrogens is 1. The Hall–Kier alpha value is -4.27. The molecule has 9 heteroatoms. The Labute approximate surface area is 191 Å². The van der Waals surface area contributed by atoms with Gasteiger partial charge in [0, 0.05) is 49.7 Å². The summed E-state index contributed by atoms with van der Waals surface area (Å²) in [4.78, 5) is 21.1. The van der Waals surface area contributed by atoms with Gasteiger partial charge < -0.3 is 14.5 Å². The fourth-order valence-corrected chi connectivity index (χ4v) is 3.83. The Morgan fingerprint density at radius 3 is 2.52 bits per heavy atom. The van der Waals surface area contributed by atoms with E-state index >= 15 is 0 Å². The van der Waals surface area contributed by atoms with Crippen molar-refractivity contribution >= 4 is 11.7 Å². The summed E-state index contributed by atoms with van der Waals surface area (Å²) in [5, 5.41) is 15.9. The molecule has 33 heavy (non-hydrogen) atoms. The van der Waals surface area contributed by atoms with Crippen LogP contribution in [0.3, 0.4) is 0 Å². The first-order valence-corrected chi connectivity index (χ1v) is 10.7. The predicted molar refractivity (Wildman–Crippen MR) is 124 cm³/mol. The average Bonchev–Trinajstić information content (AvgIpc) is 3.39. The SMILES string of the molecule is COc1cccc(-c2cc(C(=O)N3CCN(c4ccc(-c5cccnc5)nn4)CC3)[nH]n2)c1. The van der Waals surface area contributed by atoms with Crippen LogP contribution >= 0.6 is 0 Å². The standard InChI is InChI=1S/C24H23N7O2/c1-33-19-6-2-4-17(14-19)21-15-22(28-27-21)24(32)31-12-10-30(11-13-31)23-8-7-20(26-29-23)18-5-3-9-25-16-18/h2-9,14-16H,10-13H2,1H3,(H,27,28). The number of anilines is 1. The fourth-order valence-electron chi connectivity index (χ4n) is 3.83. The minimum absolute atomic E-state index is 0.0608. The lowest BCUT2D eigenvalue weighted by Gasteiger charge is -2.34. The molecule has 1 aromatic carbocycles. The summed E-state index contributed by atoms with van der Waals surface area (Å²) in [6, 6.07) is 17.1. The van der Waals surface area contributed by atoms with Crippen molar-refractivity contribution in [3.63, 3.8) is 0 Å². The molecule has 1 saturated heterocycles. The second kappa shape index (κ2) is 9.07. The molecule has 0 aliphatic carbocycles. The summed E-state index contributed by atoms with van der Waals surface area (Å²) in [6.07, 6.45) is 3.50. The molecule has 1 amide bonds. The first-order chi connectivity index (χ1) is 16.2. The Kier molecular flexibility index (Phi) is 5.67. The number of nitrogens with zero attached hydrogens (tertiary/aromatic N) is 6. The van der Waals surface area contributed by atoms with Gasteiger partial charge in [-0.3, -0.25) is 14.9 Å². The van der Waals surface area contributed by atoms with Crippen LogP contribution < -0.4 is 9.64 Å². The number of piperazine rings is 1. The molecule has 9 nitrogen and oxygen atoms in total. The summed E-state index contributed by atoms with van der Waals surface area (Å²) in [5.74, 6) is 1.49. The van der Waals surface area contributed by atoms with Gasteiger partial charge in [-0.1, -0.05) is 12.1 Å².